The Balaban J connectivity index is 2.28. The van der Waals surface area contributed by atoms with Crippen molar-refractivity contribution in [1.29, 1.82) is 0 Å². The van der Waals surface area contributed by atoms with E-state index in [1.54, 1.807) is 12.4 Å². The van der Waals surface area contributed by atoms with Gasteiger partial charge in [-0.2, -0.15) is 0 Å². The third kappa shape index (κ3) is 2.45. The molecule has 0 saturated heterocycles. The number of nitrogens with two attached hydrogens (primary N) is 1. The summed E-state index contributed by atoms with van der Waals surface area (Å²) in [6.07, 6.45) is 3.41. The van der Waals surface area contributed by atoms with Crippen molar-refractivity contribution in [2.45, 2.75) is 6.92 Å². The second-order valence-electron chi connectivity index (χ2n) is 3.57. The molecule has 16 heavy (non-hydrogen) atoms. The van der Waals surface area contributed by atoms with Crippen LogP contribution in [0.3, 0.4) is 0 Å². The summed E-state index contributed by atoms with van der Waals surface area (Å²) < 4.78 is 0. The predicted octanol–water partition coefficient (Wildman–Crippen LogP) is 2.43. The van der Waals surface area contributed by atoms with Gasteiger partial charge in [0.15, 0.2) is 0 Å². The standard InChI is InChI=1S/C13H13N3/c1-10-4-6-12(7-5-10)16-13(14)11-3-2-8-15-9-11/h2-9H,1H3,(H2,14,16). The van der Waals surface area contributed by atoms with E-state index in [9.17, 15) is 0 Å². The van der Waals surface area contributed by atoms with Crippen molar-refractivity contribution in [3.8, 4) is 0 Å². The Bertz CT molecular complexity index is 486. The molecule has 0 atom stereocenters. The van der Waals surface area contributed by atoms with E-state index < -0.39 is 0 Å². The smallest absolute Gasteiger partial charge is 0.132 e. The average Bonchev–Trinajstić information content (AvgIpc) is 2.33. The van der Waals surface area contributed by atoms with E-state index in [2.05, 4.69) is 9.98 Å². The fourth-order valence-electron chi connectivity index (χ4n) is 1.34. The first-order valence-corrected chi connectivity index (χ1v) is 5.07. The van der Waals surface area contributed by atoms with Crippen LogP contribution >= 0.6 is 0 Å². The van der Waals surface area contributed by atoms with E-state index >= 15 is 0 Å². The van der Waals surface area contributed by atoms with Crippen LogP contribution in [-0.4, -0.2) is 10.8 Å². The highest BCUT2D eigenvalue weighted by molar-refractivity contribution is 5.98. The Morgan fingerprint density at radius 1 is 1.19 bits per heavy atom. The first-order chi connectivity index (χ1) is 7.75. The van der Waals surface area contributed by atoms with E-state index in [1.807, 2.05) is 43.3 Å². The monoisotopic (exact) mass is 211 g/mol. The SMILES string of the molecule is Cc1ccc(N=C(N)c2cccnc2)cc1. The molecule has 1 aromatic heterocycles. The summed E-state index contributed by atoms with van der Waals surface area (Å²) in [5.74, 6) is 0.483. The number of aryl methyl sites for hydroxylation is 1. The van der Waals surface area contributed by atoms with Crippen molar-refractivity contribution in [3.05, 3.63) is 59.9 Å². The van der Waals surface area contributed by atoms with Gasteiger partial charge in [-0.1, -0.05) is 17.7 Å². The topological polar surface area (TPSA) is 51.3 Å². The Morgan fingerprint density at radius 3 is 2.56 bits per heavy atom. The van der Waals surface area contributed by atoms with Gasteiger partial charge in [0, 0.05) is 18.0 Å². The molecule has 0 aliphatic carbocycles. The van der Waals surface area contributed by atoms with Gasteiger partial charge in [0.1, 0.15) is 5.84 Å². The Hall–Kier alpha value is -2.16. The van der Waals surface area contributed by atoms with Crippen LogP contribution in [0.25, 0.3) is 0 Å². The molecule has 2 rings (SSSR count). The lowest BCUT2D eigenvalue weighted by Gasteiger charge is -2.00. The van der Waals surface area contributed by atoms with Crippen LogP contribution in [0.15, 0.2) is 53.8 Å². The minimum atomic E-state index is 0.483. The van der Waals surface area contributed by atoms with Gasteiger partial charge in [0.25, 0.3) is 0 Å². The molecule has 0 aliphatic heterocycles. The second kappa shape index (κ2) is 4.57. The summed E-state index contributed by atoms with van der Waals surface area (Å²) in [7, 11) is 0. The predicted molar refractivity (Wildman–Crippen MR) is 65.8 cm³/mol. The third-order valence-electron chi connectivity index (χ3n) is 2.24. The summed E-state index contributed by atoms with van der Waals surface area (Å²) in [6, 6.07) is 11.6. The minimum absolute atomic E-state index is 0.483. The average molecular weight is 211 g/mol. The number of rotatable bonds is 2. The van der Waals surface area contributed by atoms with Gasteiger partial charge >= 0.3 is 0 Å². The lowest BCUT2D eigenvalue weighted by Crippen LogP contribution is -2.12. The number of hydrogen-bond acceptors (Lipinski definition) is 2. The van der Waals surface area contributed by atoms with E-state index in [4.69, 9.17) is 5.73 Å². The van der Waals surface area contributed by atoms with Gasteiger partial charge in [-0.05, 0) is 31.2 Å². The lowest BCUT2D eigenvalue weighted by atomic mass is 10.2. The summed E-state index contributed by atoms with van der Waals surface area (Å²) >= 11 is 0. The highest BCUT2D eigenvalue weighted by Crippen LogP contribution is 2.13. The molecule has 0 bridgehead atoms. The summed E-state index contributed by atoms with van der Waals surface area (Å²) in [4.78, 5) is 8.33. The van der Waals surface area contributed by atoms with Gasteiger partial charge in [-0.25, -0.2) is 4.99 Å². The second-order valence-corrected chi connectivity index (χ2v) is 3.57. The Morgan fingerprint density at radius 2 is 1.94 bits per heavy atom. The van der Waals surface area contributed by atoms with Crippen molar-refractivity contribution in [3.63, 3.8) is 0 Å². The molecule has 0 fully saturated rings. The Kier molecular flexibility index (Phi) is 2.96. The molecule has 0 unspecified atom stereocenters. The number of nitrogens with zero attached hydrogens (tertiary/aromatic N) is 2. The quantitative estimate of drug-likeness (QED) is 0.612. The zero-order valence-corrected chi connectivity index (χ0v) is 9.09. The maximum absolute atomic E-state index is 5.88. The van der Waals surface area contributed by atoms with Crippen LogP contribution in [0, 0.1) is 6.92 Å². The van der Waals surface area contributed by atoms with Crippen LogP contribution in [0.1, 0.15) is 11.1 Å². The molecule has 0 aliphatic rings. The summed E-state index contributed by atoms with van der Waals surface area (Å²) in [5.41, 5.74) is 8.77. The highest BCUT2D eigenvalue weighted by atomic mass is 14.9. The molecule has 1 aromatic carbocycles. The van der Waals surface area contributed by atoms with E-state index in [0.717, 1.165) is 11.3 Å². The molecule has 0 amide bonds. The zero-order chi connectivity index (χ0) is 11.4. The molecule has 2 aromatic rings. The van der Waals surface area contributed by atoms with Crippen LogP contribution in [0.2, 0.25) is 0 Å². The van der Waals surface area contributed by atoms with Crippen molar-refractivity contribution in [2.24, 2.45) is 10.7 Å². The van der Waals surface area contributed by atoms with Crippen LogP contribution in [-0.2, 0) is 0 Å². The number of amidine groups is 1. The summed E-state index contributed by atoms with van der Waals surface area (Å²) in [5, 5.41) is 0. The van der Waals surface area contributed by atoms with Gasteiger partial charge < -0.3 is 5.73 Å². The van der Waals surface area contributed by atoms with Crippen LogP contribution < -0.4 is 5.73 Å². The number of pyridine rings is 1. The molecule has 3 nitrogen and oxygen atoms in total. The largest absolute Gasteiger partial charge is 0.383 e. The molecule has 80 valence electrons. The Labute approximate surface area is 94.7 Å². The number of hydrogen-bond donors (Lipinski definition) is 1. The molecule has 0 spiro atoms. The first-order valence-electron chi connectivity index (χ1n) is 5.07. The summed E-state index contributed by atoms with van der Waals surface area (Å²) in [6.45, 7) is 2.04. The maximum Gasteiger partial charge on any atom is 0.132 e. The zero-order valence-electron chi connectivity index (χ0n) is 9.09. The van der Waals surface area contributed by atoms with Crippen molar-refractivity contribution >= 4 is 11.5 Å². The molecule has 2 N–H and O–H groups in total. The van der Waals surface area contributed by atoms with E-state index in [1.165, 1.54) is 5.56 Å². The highest BCUT2D eigenvalue weighted by Gasteiger charge is 1.97. The van der Waals surface area contributed by atoms with Gasteiger partial charge in [-0.15, -0.1) is 0 Å². The normalized spacial score (nSPS) is 11.4. The maximum atomic E-state index is 5.88. The minimum Gasteiger partial charge on any atom is -0.383 e. The molecular weight excluding hydrogens is 198 g/mol. The number of aliphatic imine (C=N–C) groups is 1. The lowest BCUT2D eigenvalue weighted by molar-refractivity contribution is 1.30. The molecule has 0 saturated carbocycles. The fourth-order valence-corrected chi connectivity index (χ4v) is 1.34. The molecule has 3 heteroatoms. The van der Waals surface area contributed by atoms with Crippen LogP contribution in [0.4, 0.5) is 5.69 Å². The van der Waals surface area contributed by atoms with Gasteiger partial charge in [0.05, 0.1) is 5.69 Å². The van der Waals surface area contributed by atoms with E-state index in [0.29, 0.717) is 5.84 Å². The number of aromatic nitrogens is 1. The van der Waals surface area contributed by atoms with Gasteiger partial charge in [0.2, 0.25) is 0 Å². The van der Waals surface area contributed by atoms with Crippen molar-refractivity contribution < 1.29 is 0 Å². The fraction of sp³-hybridized carbons (Fsp3) is 0.0769. The van der Waals surface area contributed by atoms with Crippen LogP contribution in [0.5, 0.6) is 0 Å². The molecule has 0 radical (unpaired) electrons. The van der Waals surface area contributed by atoms with E-state index in [-0.39, 0.29) is 0 Å². The molecule has 1 heterocycles. The van der Waals surface area contributed by atoms with Crippen molar-refractivity contribution in [2.75, 3.05) is 0 Å². The third-order valence-corrected chi connectivity index (χ3v) is 2.24. The number of benzene rings is 1. The molecular formula is C13H13N3. The first kappa shape index (κ1) is 10.4. The van der Waals surface area contributed by atoms with Crippen molar-refractivity contribution in [1.82, 2.24) is 4.98 Å². The van der Waals surface area contributed by atoms with Gasteiger partial charge in [-0.3, -0.25) is 4.98 Å².